The fourth-order valence-electron chi connectivity index (χ4n) is 2.32. The van der Waals surface area contributed by atoms with E-state index in [1.165, 1.54) is 25.7 Å². The predicted molar refractivity (Wildman–Crippen MR) is 112 cm³/mol. The van der Waals surface area contributed by atoms with Crippen LogP contribution in [0.2, 0.25) is 0 Å². The van der Waals surface area contributed by atoms with Gasteiger partial charge in [0.2, 0.25) is 0 Å². The second kappa shape index (κ2) is 11.7. The van der Waals surface area contributed by atoms with Crippen LogP contribution in [0.15, 0.2) is 17.9 Å². The van der Waals surface area contributed by atoms with Crippen LogP contribution in [0.1, 0.15) is 72.6 Å². The summed E-state index contributed by atoms with van der Waals surface area (Å²) in [6.07, 6.45) is 7.81. The van der Waals surface area contributed by atoms with Crippen molar-refractivity contribution < 1.29 is 19.4 Å². The monoisotopic (exact) mass is 604 g/mol. The Balaban J connectivity index is 2.71. The Morgan fingerprint density at radius 3 is 1.80 bits per heavy atom. The molecule has 0 aliphatic rings. The zero-order valence-corrected chi connectivity index (χ0v) is 20.2. The maximum atomic E-state index is 12.4. The number of rotatable bonds is 10. The Morgan fingerprint density at radius 1 is 0.800 bits per heavy atom. The Hall–Kier alpha value is 0.0800. The average molecular weight is 608 g/mol. The van der Waals surface area contributed by atoms with Gasteiger partial charge in [-0.3, -0.25) is 0 Å². The first-order chi connectivity index (χ1) is 11.8. The molecule has 0 spiro atoms. The molecule has 140 valence electrons. The van der Waals surface area contributed by atoms with E-state index >= 15 is 0 Å². The first-order valence-corrected chi connectivity index (χ1v) is 11.3. The molecule has 8 heteroatoms. The van der Waals surface area contributed by atoms with Crippen LogP contribution in [0.3, 0.4) is 0 Å². The van der Waals surface area contributed by atoms with Crippen molar-refractivity contribution >= 4 is 75.7 Å². The molecule has 0 unspecified atom stereocenters. The maximum absolute atomic E-state index is 12.4. The minimum absolute atomic E-state index is 0.00241. The minimum atomic E-state index is -1.20. The Bertz CT molecular complexity index is 632. The summed E-state index contributed by atoms with van der Waals surface area (Å²) in [5, 5.41) is 9.45. The lowest BCUT2D eigenvalue weighted by Crippen LogP contribution is -2.15. The van der Waals surface area contributed by atoms with Crippen LogP contribution >= 0.6 is 63.7 Å². The number of esters is 1. The molecule has 0 bridgehead atoms. The highest BCUT2D eigenvalue weighted by atomic mass is 79.9. The van der Waals surface area contributed by atoms with Gasteiger partial charge in [0, 0.05) is 17.9 Å². The molecule has 1 aromatic carbocycles. The lowest BCUT2D eigenvalue weighted by molar-refractivity contribution is 0.0486. The third-order valence-electron chi connectivity index (χ3n) is 3.67. The molecule has 0 radical (unpaired) electrons. The van der Waals surface area contributed by atoms with Crippen molar-refractivity contribution in [3.63, 3.8) is 0 Å². The second-order valence-electron chi connectivity index (χ2n) is 5.57. The number of hydrogen-bond donors (Lipinski definition) is 1. The largest absolute Gasteiger partial charge is 0.478 e. The number of ether oxygens (including phenoxy) is 1. The van der Waals surface area contributed by atoms with Crippen molar-refractivity contribution in [1.29, 1.82) is 0 Å². The third-order valence-corrected chi connectivity index (χ3v) is 8.43. The zero-order chi connectivity index (χ0) is 19.0. The lowest BCUT2D eigenvalue weighted by Gasteiger charge is -2.14. The summed E-state index contributed by atoms with van der Waals surface area (Å²) >= 11 is 13.1. The van der Waals surface area contributed by atoms with Gasteiger partial charge >= 0.3 is 11.9 Å². The quantitative estimate of drug-likeness (QED) is 0.131. The fraction of sp³-hybridized carbons (Fsp3) is 0.529. The van der Waals surface area contributed by atoms with E-state index in [9.17, 15) is 14.7 Å². The number of benzene rings is 1. The Kier molecular flexibility index (Phi) is 10.8. The topological polar surface area (TPSA) is 63.6 Å². The minimum Gasteiger partial charge on any atom is -0.478 e. The predicted octanol–water partition coefficient (Wildman–Crippen LogP) is 7.34. The zero-order valence-electron chi connectivity index (χ0n) is 13.8. The molecule has 1 aromatic rings. The molecule has 0 aromatic heterocycles. The molecule has 0 saturated carbocycles. The van der Waals surface area contributed by atoms with Gasteiger partial charge in [-0.25, -0.2) is 9.59 Å². The molecule has 1 rings (SSSR count). The molecule has 4 nitrogen and oxygen atoms in total. The van der Waals surface area contributed by atoms with Crippen molar-refractivity contribution in [1.82, 2.24) is 0 Å². The van der Waals surface area contributed by atoms with E-state index in [1.54, 1.807) is 0 Å². The van der Waals surface area contributed by atoms with Gasteiger partial charge in [-0.2, -0.15) is 0 Å². The summed E-state index contributed by atoms with van der Waals surface area (Å²) in [6.45, 7) is 2.46. The molecule has 0 fully saturated rings. The lowest BCUT2D eigenvalue weighted by atomic mass is 10.1. The van der Waals surface area contributed by atoms with E-state index in [4.69, 9.17) is 4.74 Å². The van der Waals surface area contributed by atoms with E-state index in [2.05, 4.69) is 70.6 Å². The van der Waals surface area contributed by atoms with Crippen LogP contribution in [-0.2, 0) is 4.74 Å². The highest BCUT2D eigenvalue weighted by molar-refractivity contribution is 9.15. The summed E-state index contributed by atoms with van der Waals surface area (Å²) < 4.78 is 6.99. The SMILES string of the molecule is CCCCCCCCCOC(=O)c1c(Br)c(Br)c(Br)c(Br)c1C(=O)O. The van der Waals surface area contributed by atoms with E-state index in [0.717, 1.165) is 19.3 Å². The molecular weight excluding hydrogens is 588 g/mol. The van der Waals surface area contributed by atoms with Crippen LogP contribution in [0.4, 0.5) is 0 Å². The van der Waals surface area contributed by atoms with E-state index in [-0.39, 0.29) is 22.2 Å². The normalized spacial score (nSPS) is 10.8. The Morgan fingerprint density at radius 2 is 1.28 bits per heavy atom. The van der Waals surface area contributed by atoms with Crippen molar-refractivity contribution in [2.24, 2.45) is 0 Å². The van der Waals surface area contributed by atoms with Gasteiger partial charge in [0.15, 0.2) is 0 Å². The first kappa shape index (κ1) is 23.1. The smallest absolute Gasteiger partial charge is 0.340 e. The summed E-state index contributed by atoms with van der Waals surface area (Å²) in [4.78, 5) is 24.0. The number of carboxylic acid groups (broad SMARTS) is 1. The average Bonchev–Trinajstić information content (AvgIpc) is 2.57. The number of carbonyl (C=O) groups excluding carboxylic acids is 1. The molecule has 0 heterocycles. The molecule has 1 N–H and O–H groups in total. The van der Waals surface area contributed by atoms with Gasteiger partial charge in [0.1, 0.15) is 0 Å². The fourth-order valence-corrected chi connectivity index (χ4v) is 4.77. The molecule has 0 atom stereocenters. The van der Waals surface area contributed by atoms with E-state index in [0.29, 0.717) is 13.4 Å². The van der Waals surface area contributed by atoms with Crippen LogP contribution < -0.4 is 0 Å². The molecule has 0 saturated heterocycles. The van der Waals surface area contributed by atoms with Crippen LogP contribution in [-0.4, -0.2) is 23.7 Å². The summed E-state index contributed by atoms with van der Waals surface area (Å²) in [5.41, 5.74) is -0.135. The van der Waals surface area contributed by atoms with E-state index in [1.807, 2.05) is 0 Å². The van der Waals surface area contributed by atoms with Gasteiger partial charge < -0.3 is 9.84 Å². The highest BCUT2D eigenvalue weighted by Crippen LogP contribution is 2.42. The van der Waals surface area contributed by atoms with Gasteiger partial charge in [-0.05, 0) is 70.1 Å². The number of hydrogen-bond acceptors (Lipinski definition) is 3. The maximum Gasteiger partial charge on any atom is 0.340 e. The van der Waals surface area contributed by atoms with Crippen molar-refractivity contribution in [3.8, 4) is 0 Å². The number of carboxylic acids is 1. The van der Waals surface area contributed by atoms with E-state index < -0.39 is 11.9 Å². The number of unbranched alkanes of at least 4 members (excludes halogenated alkanes) is 6. The highest BCUT2D eigenvalue weighted by Gasteiger charge is 2.28. The summed E-state index contributed by atoms with van der Waals surface area (Å²) in [5.74, 6) is -1.85. The third kappa shape index (κ3) is 6.63. The van der Waals surface area contributed by atoms with Gasteiger partial charge in [-0.15, -0.1) is 0 Å². The Labute approximate surface area is 181 Å². The van der Waals surface area contributed by atoms with Gasteiger partial charge in [-0.1, -0.05) is 45.4 Å². The first-order valence-electron chi connectivity index (χ1n) is 8.09. The molecule has 0 amide bonds. The molecule has 25 heavy (non-hydrogen) atoms. The number of halogens is 4. The van der Waals surface area contributed by atoms with Crippen molar-refractivity contribution in [2.75, 3.05) is 6.61 Å². The van der Waals surface area contributed by atoms with Crippen molar-refractivity contribution in [2.45, 2.75) is 51.9 Å². The van der Waals surface area contributed by atoms with Gasteiger partial charge in [0.25, 0.3) is 0 Å². The molecular formula is C17H20Br4O4. The second-order valence-corrected chi connectivity index (χ2v) is 8.74. The standard InChI is InChI=1S/C17H20Br4O4/c1-2-3-4-5-6-7-8-9-25-17(24)11-10(16(22)23)12(18)14(20)15(21)13(11)19/h2-9H2,1H3,(H,22,23). The summed E-state index contributed by atoms with van der Waals surface area (Å²) in [7, 11) is 0. The van der Waals surface area contributed by atoms with Crippen LogP contribution in [0.5, 0.6) is 0 Å². The van der Waals surface area contributed by atoms with Crippen LogP contribution in [0.25, 0.3) is 0 Å². The number of carbonyl (C=O) groups is 2. The summed E-state index contributed by atoms with van der Waals surface area (Å²) in [6, 6.07) is 0. The number of aromatic carboxylic acids is 1. The van der Waals surface area contributed by atoms with Crippen molar-refractivity contribution in [3.05, 3.63) is 29.0 Å². The molecule has 0 aliphatic carbocycles. The van der Waals surface area contributed by atoms with Crippen LogP contribution in [0, 0.1) is 0 Å². The van der Waals surface area contributed by atoms with Gasteiger partial charge in [0.05, 0.1) is 17.7 Å². The molecule has 0 aliphatic heterocycles.